The number of benzene rings is 2. The van der Waals surface area contributed by atoms with Crippen molar-refractivity contribution in [3.8, 4) is 5.75 Å². The van der Waals surface area contributed by atoms with E-state index in [1.807, 2.05) is 37.3 Å². The van der Waals surface area contributed by atoms with Crippen LogP contribution >= 0.6 is 0 Å². The highest BCUT2D eigenvalue weighted by molar-refractivity contribution is 7.91. The number of aryl methyl sites for hydroxylation is 1. The molecule has 1 aliphatic rings. The van der Waals surface area contributed by atoms with Crippen LogP contribution in [-0.2, 0) is 16.4 Å². The lowest BCUT2D eigenvalue weighted by Crippen LogP contribution is -2.30. The van der Waals surface area contributed by atoms with Gasteiger partial charge in [0.1, 0.15) is 12.4 Å². The fourth-order valence-corrected chi connectivity index (χ4v) is 5.77. The molecule has 0 saturated heterocycles. The molecule has 0 amide bonds. The van der Waals surface area contributed by atoms with Gasteiger partial charge < -0.3 is 9.84 Å². The SMILES string of the molecule is C=C1CCC(C(O)CS(=O)(=O)c2ccc(OCc3cc(C)nc4ccccc34)cc2)CC1. The van der Waals surface area contributed by atoms with Gasteiger partial charge in [0, 0.05) is 16.6 Å². The largest absolute Gasteiger partial charge is 0.489 e. The second-order valence-corrected chi connectivity index (χ2v) is 10.7. The summed E-state index contributed by atoms with van der Waals surface area (Å²) < 4.78 is 31.5. The molecule has 3 aromatic rings. The van der Waals surface area contributed by atoms with E-state index in [4.69, 9.17) is 4.74 Å². The zero-order valence-electron chi connectivity index (χ0n) is 18.3. The Labute approximate surface area is 189 Å². The number of fused-ring (bicyclic) bond motifs is 1. The summed E-state index contributed by atoms with van der Waals surface area (Å²) in [4.78, 5) is 4.75. The van der Waals surface area contributed by atoms with E-state index in [-0.39, 0.29) is 16.6 Å². The van der Waals surface area contributed by atoms with Gasteiger partial charge in [-0.2, -0.15) is 0 Å². The molecule has 0 aliphatic heterocycles. The Kier molecular flexibility index (Phi) is 6.63. The predicted molar refractivity (Wildman–Crippen MR) is 126 cm³/mol. The van der Waals surface area contributed by atoms with Crippen molar-refractivity contribution in [3.63, 3.8) is 0 Å². The third kappa shape index (κ3) is 5.19. The second kappa shape index (κ2) is 9.43. The molecule has 1 N–H and O–H groups in total. The number of aliphatic hydroxyl groups excluding tert-OH is 1. The molecule has 1 saturated carbocycles. The number of rotatable bonds is 7. The fourth-order valence-electron chi connectivity index (χ4n) is 4.31. The van der Waals surface area contributed by atoms with Gasteiger partial charge in [0.2, 0.25) is 0 Å². The zero-order valence-corrected chi connectivity index (χ0v) is 19.1. The highest BCUT2D eigenvalue weighted by Gasteiger charge is 2.28. The van der Waals surface area contributed by atoms with E-state index in [1.165, 1.54) is 5.57 Å². The van der Waals surface area contributed by atoms with E-state index in [1.54, 1.807) is 24.3 Å². The average molecular weight is 452 g/mol. The molecule has 1 fully saturated rings. The van der Waals surface area contributed by atoms with E-state index in [0.717, 1.165) is 47.8 Å². The molecule has 1 heterocycles. The molecule has 2 aromatic carbocycles. The van der Waals surface area contributed by atoms with Crippen LogP contribution in [0.1, 0.15) is 36.9 Å². The number of para-hydroxylation sites is 1. The monoisotopic (exact) mass is 451 g/mol. The van der Waals surface area contributed by atoms with E-state index >= 15 is 0 Å². The molecule has 1 aromatic heterocycles. The standard InChI is InChI=1S/C26H29NO4S/c1-18-7-9-20(10-8-18)26(28)17-32(29,30)23-13-11-22(12-14-23)31-16-21-15-19(2)27-25-6-4-3-5-24(21)25/h3-6,11-15,20,26,28H,1,7-10,16-17H2,2H3. The Bertz CT molecular complexity index is 1210. The fraction of sp³-hybridized carbons (Fsp3) is 0.346. The van der Waals surface area contributed by atoms with Crippen LogP contribution in [0.2, 0.25) is 0 Å². The van der Waals surface area contributed by atoms with Crippen molar-refractivity contribution in [3.05, 3.63) is 78.0 Å². The summed E-state index contributed by atoms with van der Waals surface area (Å²) in [5.41, 5.74) is 4.06. The first-order valence-electron chi connectivity index (χ1n) is 11.0. The molecule has 0 radical (unpaired) electrons. The molecule has 4 rings (SSSR count). The third-order valence-corrected chi connectivity index (χ3v) is 7.95. The van der Waals surface area contributed by atoms with Crippen LogP contribution in [0.25, 0.3) is 10.9 Å². The maximum atomic E-state index is 12.8. The number of sulfone groups is 1. The highest BCUT2D eigenvalue weighted by atomic mass is 32.2. The molecular formula is C26H29NO4S. The minimum atomic E-state index is -3.58. The van der Waals surface area contributed by atoms with E-state index in [9.17, 15) is 13.5 Å². The number of aliphatic hydroxyl groups is 1. The van der Waals surface area contributed by atoms with Crippen molar-refractivity contribution >= 4 is 20.7 Å². The minimum Gasteiger partial charge on any atom is -0.489 e. The Morgan fingerprint density at radius 2 is 1.81 bits per heavy atom. The first kappa shape index (κ1) is 22.5. The van der Waals surface area contributed by atoms with E-state index < -0.39 is 15.9 Å². The molecular weight excluding hydrogens is 422 g/mol. The number of nitrogens with zero attached hydrogens (tertiary/aromatic N) is 1. The smallest absolute Gasteiger partial charge is 0.180 e. The normalized spacial score (nSPS) is 16.2. The van der Waals surface area contributed by atoms with Crippen LogP contribution in [0.3, 0.4) is 0 Å². The Morgan fingerprint density at radius 3 is 2.53 bits per heavy atom. The molecule has 1 atom stereocenters. The van der Waals surface area contributed by atoms with Crippen LogP contribution in [0.15, 0.2) is 71.6 Å². The molecule has 0 bridgehead atoms. The van der Waals surface area contributed by atoms with Gasteiger partial charge in [-0.1, -0.05) is 30.4 Å². The van der Waals surface area contributed by atoms with Crippen molar-refractivity contribution in [2.45, 2.75) is 50.2 Å². The summed E-state index contributed by atoms with van der Waals surface area (Å²) in [6.45, 7) is 6.29. The van der Waals surface area contributed by atoms with Crippen LogP contribution < -0.4 is 4.74 Å². The maximum Gasteiger partial charge on any atom is 0.180 e. The van der Waals surface area contributed by atoms with Gasteiger partial charge in [-0.3, -0.25) is 4.98 Å². The molecule has 6 heteroatoms. The van der Waals surface area contributed by atoms with Crippen LogP contribution in [0, 0.1) is 12.8 Å². The lowest BCUT2D eigenvalue weighted by atomic mass is 9.84. The van der Waals surface area contributed by atoms with Gasteiger partial charge in [0.15, 0.2) is 9.84 Å². The first-order chi connectivity index (χ1) is 15.3. The van der Waals surface area contributed by atoms with Crippen molar-refractivity contribution in [1.29, 1.82) is 0 Å². The number of pyridine rings is 1. The number of allylic oxidation sites excluding steroid dienone is 1. The summed E-state index contributed by atoms with van der Waals surface area (Å²) in [7, 11) is -3.58. The van der Waals surface area contributed by atoms with Gasteiger partial charge in [-0.15, -0.1) is 0 Å². The predicted octanol–water partition coefficient (Wildman–Crippen LogP) is 5.00. The van der Waals surface area contributed by atoms with E-state index in [2.05, 4.69) is 11.6 Å². The van der Waals surface area contributed by atoms with Crippen LogP contribution in [0.4, 0.5) is 0 Å². The van der Waals surface area contributed by atoms with Gasteiger partial charge in [-0.25, -0.2) is 8.42 Å². The lowest BCUT2D eigenvalue weighted by molar-refractivity contribution is 0.111. The van der Waals surface area contributed by atoms with Crippen LogP contribution in [-0.4, -0.2) is 30.4 Å². The third-order valence-electron chi connectivity index (χ3n) is 6.18. The average Bonchev–Trinajstić information content (AvgIpc) is 2.77. The molecule has 32 heavy (non-hydrogen) atoms. The first-order valence-corrected chi connectivity index (χ1v) is 12.6. The number of aromatic nitrogens is 1. The van der Waals surface area contributed by atoms with Crippen molar-refractivity contribution < 1.29 is 18.3 Å². The summed E-state index contributed by atoms with van der Waals surface area (Å²) >= 11 is 0. The van der Waals surface area contributed by atoms with E-state index in [0.29, 0.717) is 12.4 Å². The highest BCUT2D eigenvalue weighted by Crippen LogP contribution is 2.31. The molecule has 0 spiro atoms. The second-order valence-electron chi connectivity index (χ2n) is 8.64. The molecule has 1 aliphatic carbocycles. The Hall–Kier alpha value is -2.70. The van der Waals surface area contributed by atoms with Gasteiger partial charge >= 0.3 is 0 Å². The van der Waals surface area contributed by atoms with Crippen LogP contribution in [0.5, 0.6) is 5.75 Å². The molecule has 1 unspecified atom stereocenters. The summed E-state index contributed by atoms with van der Waals surface area (Å²) in [6, 6.07) is 16.4. The number of hydrogen-bond donors (Lipinski definition) is 1. The topological polar surface area (TPSA) is 76.5 Å². The number of hydrogen-bond acceptors (Lipinski definition) is 5. The maximum absolute atomic E-state index is 12.8. The Balaban J connectivity index is 1.41. The number of ether oxygens (including phenoxy) is 1. The molecule has 5 nitrogen and oxygen atoms in total. The summed E-state index contributed by atoms with van der Waals surface area (Å²) in [6.07, 6.45) is 2.46. The molecule has 168 valence electrons. The minimum absolute atomic E-state index is 0.0107. The van der Waals surface area contributed by atoms with Crippen molar-refractivity contribution in [2.24, 2.45) is 5.92 Å². The van der Waals surface area contributed by atoms with Crippen molar-refractivity contribution in [2.75, 3.05) is 5.75 Å². The summed E-state index contributed by atoms with van der Waals surface area (Å²) in [5, 5.41) is 11.5. The van der Waals surface area contributed by atoms with Gasteiger partial charge in [0.05, 0.1) is 22.3 Å². The zero-order chi connectivity index (χ0) is 22.7. The lowest BCUT2D eigenvalue weighted by Gasteiger charge is -2.27. The van der Waals surface area contributed by atoms with Gasteiger partial charge in [0.25, 0.3) is 0 Å². The Morgan fingerprint density at radius 1 is 1.12 bits per heavy atom. The summed E-state index contributed by atoms with van der Waals surface area (Å²) in [5.74, 6) is 0.345. The van der Waals surface area contributed by atoms with Gasteiger partial charge in [-0.05, 0) is 74.9 Å². The van der Waals surface area contributed by atoms with Crippen molar-refractivity contribution in [1.82, 2.24) is 4.98 Å². The quantitative estimate of drug-likeness (QED) is 0.512.